The number of methoxy groups -OCH3 is 1. The second-order valence-electron chi connectivity index (χ2n) is 5.83. The molecule has 0 spiro atoms. The van der Waals surface area contributed by atoms with Gasteiger partial charge >= 0.3 is 6.03 Å². The highest BCUT2D eigenvalue weighted by atomic mass is 35.5. The maximum absolute atomic E-state index is 12.9. The standard InChI is InChI=1S/C19H20ClN3O2/c1-13-8-9-15(12-17(13)20)23(18-7-4-10-21-18)19(24)22-14-5-3-6-16(11-14)25-2/h3,5-6,8-9,11-12H,4,7,10H2,1-2H3,(H,22,24). The Bertz CT molecular complexity index is 820. The zero-order valence-corrected chi connectivity index (χ0v) is 15.0. The number of aliphatic imine (C=N–C) groups is 1. The number of aryl methyl sites for hydroxylation is 1. The van der Waals surface area contributed by atoms with E-state index in [9.17, 15) is 4.79 Å². The van der Waals surface area contributed by atoms with E-state index in [4.69, 9.17) is 16.3 Å². The summed E-state index contributed by atoms with van der Waals surface area (Å²) in [5.74, 6) is 1.43. The predicted molar refractivity (Wildman–Crippen MR) is 102 cm³/mol. The van der Waals surface area contributed by atoms with Crippen molar-refractivity contribution in [2.45, 2.75) is 19.8 Å². The number of amides is 2. The van der Waals surface area contributed by atoms with Gasteiger partial charge in [-0.05, 0) is 43.2 Å². The van der Waals surface area contributed by atoms with Gasteiger partial charge < -0.3 is 10.1 Å². The van der Waals surface area contributed by atoms with E-state index in [1.165, 1.54) is 0 Å². The van der Waals surface area contributed by atoms with E-state index in [2.05, 4.69) is 10.3 Å². The Hall–Kier alpha value is -2.53. The van der Waals surface area contributed by atoms with Gasteiger partial charge in [-0.15, -0.1) is 0 Å². The second kappa shape index (κ2) is 7.57. The smallest absolute Gasteiger partial charge is 0.331 e. The molecule has 0 saturated carbocycles. The number of nitrogens with zero attached hydrogens (tertiary/aromatic N) is 2. The summed E-state index contributed by atoms with van der Waals surface area (Å²) in [5, 5.41) is 3.53. The van der Waals surface area contributed by atoms with Crippen LogP contribution in [0.2, 0.25) is 5.02 Å². The molecule has 2 aromatic rings. The van der Waals surface area contributed by atoms with Crippen LogP contribution in [0.3, 0.4) is 0 Å². The van der Waals surface area contributed by atoms with E-state index in [-0.39, 0.29) is 6.03 Å². The van der Waals surface area contributed by atoms with Crippen molar-refractivity contribution in [3.05, 3.63) is 53.1 Å². The van der Waals surface area contributed by atoms with E-state index in [0.717, 1.165) is 30.8 Å². The Morgan fingerprint density at radius 3 is 2.80 bits per heavy atom. The van der Waals surface area contributed by atoms with Gasteiger partial charge in [0, 0.05) is 29.7 Å². The monoisotopic (exact) mass is 357 g/mol. The van der Waals surface area contributed by atoms with Crippen molar-refractivity contribution >= 4 is 34.8 Å². The van der Waals surface area contributed by atoms with Crippen LogP contribution in [0.15, 0.2) is 47.5 Å². The first-order chi connectivity index (χ1) is 12.1. The molecule has 1 aliphatic heterocycles. The van der Waals surface area contributed by atoms with Crippen molar-refractivity contribution in [3.8, 4) is 5.75 Å². The molecule has 0 aliphatic carbocycles. The van der Waals surface area contributed by atoms with E-state index in [0.29, 0.717) is 22.1 Å². The summed E-state index contributed by atoms with van der Waals surface area (Å²) < 4.78 is 5.20. The molecule has 0 unspecified atom stereocenters. The van der Waals surface area contributed by atoms with Gasteiger partial charge in [0.2, 0.25) is 0 Å². The third kappa shape index (κ3) is 3.94. The normalized spacial score (nSPS) is 13.3. The van der Waals surface area contributed by atoms with Crippen LogP contribution in [-0.4, -0.2) is 25.5 Å². The van der Waals surface area contributed by atoms with Gasteiger partial charge in [0.1, 0.15) is 11.6 Å². The number of halogens is 1. The molecule has 2 aromatic carbocycles. The highest BCUT2D eigenvalue weighted by Crippen LogP contribution is 2.26. The summed E-state index contributed by atoms with van der Waals surface area (Å²) in [4.78, 5) is 19.0. The zero-order chi connectivity index (χ0) is 17.8. The Morgan fingerprint density at radius 1 is 1.28 bits per heavy atom. The van der Waals surface area contributed by atoms with Crippen molar-refractivity contribution < 1.29 is 9.53 Å². The average Bonchev–Trinajstić information content (AvgIpc) is 3.12. The highest BCUT2D eigenvalue weighted by molar-refractivity contribution is 6.32. The molecule has 1 N–H and O–H groups in total. The summed E-state index contributed by atoms with van der Waals surface area (Å²) in [6.45, 7) is 2.66. The molecule has 0 atom stereocenters. The number of benzene rings is 2. The first kappa shape index (κ1) is 17.3. The molecule has 25 heavy (non-hydrogen) atoms. The molecule has 3 rings (SSSR count). The third-order valence-corrected chi connectivity index (χ3v) is 4.46. The van der Waals surface area contributed by atoms with Gasteiger partial charge in [-0.1, -0.05) is 23.7 Å². The number of anilines is 2. The zero-order valence-electron chi connectivity index (χ0n) is 14.3. The Balaban J connectivity index is 1.90. The van der Waals surface area contributed by atoms with Crippen LogP contribution in [0, 0.1) is 6.92 Å². The lowest BCUT2D eigenvalue weighted by Gasteiger charge is -2.23. The first-order valence-electron chi connectivity index (χ1n) is 8.13. The highest BCUT2D eigenvalue weighted by Gasteiger charge is 2.24. The third-order valence-electron chi connectivity index (χ3n) is 4.05. The van der Waals surface area contributed by atoms with Crippen LogP contribution in [0.4, 0.5) is 16.2 Å². The van der Waals surface area contributed by atoms with E-state index >= 15 is 0 Å². The van der Waals surface area contributed by atoms with Gasteiger partial charge in [0.25, 0.3) is 0 Å². The van der Waals surface area contributed by atoms with Crippen LogP contribution in [0.5, 0.6) is 5.75 Å². The molecule has 0 aromatic heterocycles. The predicted octanol–water partition coefficient (Wildman–Crippen LogP) is 4.89. The lowest BCUT2D eigenvalue weighted by atomic mass is 10.2. The summed E-state index contributed by atoms with van der Waals surface area (Å²) in [6, 6.07) is 12.6. The SMILES string of the molecule is COc1cccc(NC(=O)N(C2=NCCC2)c2ccc(C)c(Cl)c2)c1. The van der Waals surface area contributed by atoms with Crippen LogP contribution >= 0.6 is 11.6 Å². The average molecular weight is 358 g/mol. The molecule has 1 aliphatic rings. The van der Waals surface area contributed by atoms with Gasteiger partial charge in [-0.3, -0.25) is 9.89 Å². The van der Waals surface area contributed by atoms with E-state index < -0.39 is 0 Å². The quantitative estimate of drug-likeness (QED) is 0.850. The number of carbonyl (C=O) groups is 1. The number of hydrogen-bond donors (Lipinski definition) is 1. The lowest BCUT2D eigenvalue weighted by Crippen LogP contribution is -2.39. The molecule has 0 radical (unpaired) electrons. The van der Waals surface area contributed by atoms with Crippen molar-refractivity contribution in [2.24, 2.45) is 4.99 Å². The minimum Gasteiger partial charge on any atom is -0.497 e. The maximum Gasteiger partial charge on any atom is 0.331 e. The first-order valence-corrected chi connectivity index (χ1v) is 8.51. The molecular weight excluding hydrogens is 338 g/mol. The molecule has 2 amide bonds. The molecule has 0 bridgehead atoms. The summed E-state index contributed by atoms with van der Waals surface area (Å²) in [5.41, 5.74) is 2.33. The molecular formula is C19H20ClN3O2. The largest absolute Gasteiger partial charge is 0.497 e. The van der Waals surface area contributed by atoms with Crippen molar-refractivity contribution in [1.29, 1.82) is 0 Å². The van der Waals surface area contributed by atoms with Crippen LogP contribution in [-0.2, 0) is 0 Å². The lowest BCUT2D eigenvalue weighted by molar-refractivity contribution is 0.259. The van der Waals surface area contributed by atoms with Crippen LogP contribution < -0.4 is 15.0 Å². The van der Waals surface area contributed by atoms with Crippen molar-refractivity contribution in [3.63, 3.8) is 0 Å². The maximum atomic E-state index is 12.9. The van der Waals surface area contributed by atoms with Crippen LogP contribution in [0.1, 0.15) is 18.4 Å². The Morgan fingerprint density at radius 2 is 2.12 bits per heavy atom. The van der Waals surface area contributed by atoms with E-state index in [1.807, 2.05) is 37.3 Å². The molecule has 6 heteroatoms. The number of amidine groups is 1. The molecule has 0 fully saturated rings. The molecule has 1 heterocycles. The van der Waals surface area contributed by atoms with Crippen molar-refractivity contribution in [2.75, 3.05) is 23.9 Å². The van der Waals surface area contributed by atoms with Gasteiger partial charge in [-0.2, -0.15) is 0 Å². The number of urea groups is 1. The molecule has 0 saturated heterocycles. The van der Waals surface area contributed by atoms with Crippen LogP contribution in [0.25, 0.3) is 0 Å². The van der Waals surface area contributed by atoms with Gasteiger partial charge in [0.15, 0.2) is 0 Å². The number of nitrogens with one attached hydrogen (secondary N) is 1. The molecule has 130 valence electrons. The van der Waals surface area contributed by atoms with Crippen molar-refractivity contribution in [1.82, 2.24) is 0 Å². The summed E-state index contributed by atoms with van der Waals surface area (Å²) >= 11 is 6.25. The number of hydrogen-bond acceptors (Lipinski definition) is 3. The summed E-state index contributed by atoms with van der Waals surface area (Å²) in [6.07, 6.45) is 1.70. The molecule has 5 nitrogen and oxygen atoms in total. The minimum atomic E-state index is -0.270. The second-order valence-corrected chi connectivity index (χ2v) is 6.24. The Kier molecular flexibility index (Phi) is 5.24. The fourth-order valence-corrected chi connectivity index (χ4v) is 2.87. The topological polar surface area (TPSA) is 53.9 Å². The number of carbonyl (C=O) groups excluding carboxylic acids is 1. The fourth-order valence-electron chi connectivity index (χ4n) is 2.69. The summed E-state index contributed by atoms with van der Waals surface area (Å²) in [7, 11) is 1.59. The number of rotatable bonds is 3. The fraction of sp³-hybridized carbons (Fsp3) is 0.263. The van der Waals surface area contributed by atoms with Gasteiger partial charge in [-0.25, -0.2) is 4.79 Å². The number of ether oxygens (including phenoxy) is 1. The van der Waals surface area contributed by atoms with E-state index in [1.54, 1.807) is 24.1 Å². The minimum absolute atomic E-state index is 0.270. The van der Waals surface area contributed by atoms with Gasteiger partial charge in [0.05, 0.1) is 12.8 Å². The Labute approximate surface area is 152 Å².